The van der Waals surface area contributed by atoms with E-state index < -0.39 is 130 Å². The first-order valence-corrected chi connectivity index (χ1v) is 44.6. The van der Waals surface area contributed by atoms with E-state index in [0.717, 1.165) is 64.6 Å². The number of nitrogens with one attached hydrogen (secondary N) is 2. The van der Waals surface area contributed by atoms with Crippen molar-refractivity contribution in [3.63, 3.8) is 0 Å². The number of unbranched alkanes of at least 4 members (excludes halogenated alkanes) is 15. The van der Waals surface area contributed by atoms with Gasteiger partial charge in [-0.3, -0.25) is 43.0 Å². The standard InChI is InChI=1S/C81H146N3O29P/c1-57-72(96)75(99)67(50-85)111-78(57)107-41-23-19-31-61(88)27-15-12-17-29-63(90)35-44-104-54-81(48-65(92)33-14-10-8-6-5-7-9-11-22-40-84-49-66(93)47-60(84)53-110-114(4,102)103,55-105-45-36-64(91)30-18-13-16-28-62(89)32-20-24-42-108-79-58(2)73(97)76(100)68(51-86)112-79)56-106-46-37-71(95)83-39-26-38-82-70(94)34-21-25-43-109-80-59(3)74(98)77(101)69(52-87)113-80/h57-60,66-69,72-80,85-87,93,96-101H,5-56H2,1-4H3,(H,82,94)(H,83,95)(H,102,103)/t57?,58?,59?,60-,66+,67?,68?,69?,72?,73?,74?,75?,76?,77?,78?,79?,80?,81?/m0/s1. The highest BCUT2D eigenvalue weighted by Gasteiger charge is 2.45. The van der Waals surface area contributed by atoms with Gasteiger partial charge in [0.2, 0.25) is 11.8 Å². The Morgan fingerprint density at radius 1 is 0.412 bits per heavy atom. The summed E-state index contributed by atoms with van der Waals surface area (Å²) in [6, 6.07) is -0.0957. The highest BCUT2D eigenvalue weighted by atomic mass is 31.2. The second-order valence-corrected chi connectivity index (χ2v) is 34.1. The third-order valence-electron chi connectivity index (χ3n) is 22.0. The monoisotopic (exact) mass is 1660 g/mol. The first kappa shape index (κ1) is 103. The molecule has 32 nitrogen and oxygen atoms in total. The minimum absolute atomic E-state index is 0.00352. The van der Waals surface area contributed by atoms with E-state index in [4.69, 9.17) is 47.2 Å². The Bertz CT molecular complexity index is 2490. The average molecular weight is 1660 g/mol. The van der Waals surface area contributed by atoms with Gasteiger partial charge in [-0.2, -0.15) is 0 Å². The van der Waals surface area contributed by atoms with Gasteiger partial charge in [0, 0.05) is 152 Å². The van der Waals surface area contributed by atoms with Gasteiger partial charge >= 0.3 is 7.60 Å². The van der Waals surface area contributed by atoms with Gasteiger partial charge in [0.25, 0.3) is 0 Å². The van der Waals surface area contributed by atoms with Crippen molar-refractivity contribution in [2.75, 3.05) is 119 Å². The molecule has 664 valence electrons. The van der Waals surface area contributed by atoms with Crippen LogP contribution in [0.5, 0.6) is 0 Å². The summed E-state index contributed by atoms with van der Waals surface area (Å²) in [5.74, 6) is -1.92. The number of likely N-dealkylation sites (tertiary alicyclic amines) is 1. The molecule has 4 aliphatic rings. The zero-order chi connectivity index (χ0) is 83.7. The molecule has 33 heteroatoms. The molecule has 2 amide bonds. The first-order valence-electron chi connectivity index (χ1n) is 42.5. The molecular formula is C81H146N3O29P. The molecular weight excluding hydrogens is 1510 g/mol. The van der Waals surface area contributed by atoms with Crippen LogP contribution in [-0.2, 0) is 85.3 Å². The number of Topliss-reactive ketones (excluding diaryl/α,β-unsaturated/α-hetero) is 5. The van der Waals surface area contributed by atoms with Crippen molar-refractivity contribution in [1.29, 1.82) is 0 Å². The lowest BCUT2D eigenvalue weighted by atomic mass is 9.83. The number of hydrogen-bond donors (Lipinski definition) is 13. The molecule has 4 rings (SSSR count). The van der Waals surface area contributed by atoms with Crippen LogP contribution in [0.3, 0.4) is 0 Å². The Hall–Kier alpha value is -3.36. The second kappa shape index (κ2) is 59.4. The largest absolute Gasteiger partial charge is 0.394 e. The van der Waals surface area contributed by atoms with Crippen LogP contribution in [-0.4, -0.2) is 306 Å². The number of carbonyl (C=O) groups excluding carboxylic acids is 7. The van der Waals surface area contributed by atoms with Crippen LogP contribution in [0, 0.1) is 23.2 Å². The van der Waals surface area contributed by atoms with Crippen LogP contribution in [0.15, 0.2) is 0 Å². The third kappa shape index (κ3) is 42.7. The molecule has 4 heterocycles. The fourth-order valence-corrected chi connectivity index (χ4v) is 15.1. The fraction of sp³-hybridized carbons (Fsp3) is 0.914. The maximum atomic E-state index is 14.2. The summed E-state index contributed by atoms with van der Waals surface area (Å²) in [6.07, 6.45) is 6.55. The lowest BCUT2D eigenvalue weighted by Gasteiger charge is -2.40. The molecule has 4 fully saturated rings. The van der Waals surface area contributed by atoms with E-state index in [-0.39, 0.29) is 171 Å². The molecule has 0 aliphatic carbocycles. The van der Waals surface area contributed by atoms with Gasteiger partial charge < -0.3 is 114 Å². The van der Waals surface area contributed by atoms with Gasteiger partial charge in [-0.1, -0.05) is 78.6 Å². The van der Waals surface area contributed by atoms with Crippen LogP contribution in [0.4, 0.5) is 0 Å². The van der Waals surface area contributed by atoms with E-state index in [1.54, 1.807) is 20.8 Å². The number of aliphatic hydroxyl groups is 10. The Morgan fingerprint density at radius 2 is 0.737 bits per heavy atom. The van der Waals surface area contributed by atoms with Gasteiger partial charge in [-0.15, -0.1) is 0 Å². The van der Waals surface area contributed by atoms with Gasteiger partial charge in [0.1, 0.15) is 65.5 Å². The van der Waals surface area contributed by atoms with E-state index in [2.05, 4.69) is 15.5 Å². The van der Waals surface area contributed by atoms with Gasteiger partial charge in [0.15, 0.2) is 18.9 Å². The maximum Gasteiger partial charge on any atom is 0.325 e. The minimum Gasteiger partial charge on any atom is -0.394 e. The quantitative estimate of drug-likeness (QED) is 0.0284. The predicted molar refractivity (Wildman–Crippen MR) is 419 cm³/mol. The number of ketones is 5. The molecule has 0 bridgehead atoms. The van der Waals surface area contributed by atoms with Crippen LogP contribution >= 0.6 is 7.60 Å². The molecule has 114 heavy (non-hydrogen) atoms. The van der Waals surface area contributed by atoms with Crippen molar-refractivity contribution in [3.8, 4) is 0 Å². The normalized spacial score (nSPS) is 27.1. The van der Waals surface area contributed by atoms with Crippen LogP contribution in [0.2, 0.25) is 0 Å². The summed E-state index contributed by atoms with van der Waals surface area (Å²) in [4.78, 5) is 104. The smallest absolute Gasteiger partial charge is 0.325 e. The number of nitrogens with zero attached hydrogens (tertiary/aromatic N) is 1. The van der Waals surface area contributed by atoms with Crippen molar-refractivity contribution in [2.45, 2.75) is 331 Å². The summed E-state index contributed by atoms with van der Waals surface area (Å²) in [5.41, 5.74) is -1.08. The Balaban J connectivity index is 1.27. The highest BCUT2D eigenvalue weighted by molar-refractivity contribution is 7.51. The Kier molecular flexibility index (Phi) is 53.6. The highest BCUT2D eigenvalue weighted by Crippen LogP contribution is 2.38. The lowest BCUT2D eigenvalue weighted by molar-refractivity contribution is -0.282. The lowest BCUT2D eigenvalue weighted by Crippen LogP contribution is -2.55. The fourth-order valence-electron chi connectivity index (χ4n) is 14.6. The second-order valence-electron chi connectivity index (χ2n) is 32.2. The molecule has 0 saturated carbocycles. The van der Waals surface area contributed by atoms with Crippen molar-refractivity contribution < 1.29 is 141 Å². The zero-order valence-corrected chi connectivity index (χ0v) is 69.6. The molecule has 0 spiro atoms. The van der Waals surface area contributed by atoms with E-state index in [0.29, 0.717) is 135 Å². The number of β-amino-alcohol motifs (C(OH)–C–C–N with tert-alkyl or cyclic N) is 1. The van der Waals surface area contributed by atoms with Crippen molar-refractivity contribution in [3.05, 3.63) is 0 Å². The van der Waals surface area contributed by atoms with Crippen LogP contribution < -0.4 is 10.6 Å². The molecule has 18 atom stereocenters. The topological polar surface area (TPSA) is 479 Å². The maximum absolute atomic E-state index is 14.2. The molecule has 0 aromatic heterocycles. The molecule has 0 aromatic carbocycles. The summed E-state index contributed by atoms with van der Waals surface area (Å²) < 4.78 is 69.7. The summed E-state index contributed by atoms with van der Waals surface area (Å²) in [7, 11) is -3.61. The molecule has 0 radical (unpaired) electrons. The Labute approximate surface area is 675 Å². The van der Waals surface area contributed by atoms with Gasteiger partial charge in [-0.25, -0.2) is 0 Å². The Morgan fingerprint density at radius 3 is 1.12 bits per heavy atom. The number of rotatable bonds is 69. The SMILES string of the molecule is CC1C(OCCCCC(=O)CCCCCC(=O)CCOCC(COCCC(=O)CCCCCC(=O)CCCCOC2OC(CO)C(O)C(O)C2C)(COCCC(=O)NCCCNC(=O)CCCCOC2OC(CO)C(O)C(O)C2C)CC(=O)CCCCCCCCCCCN2C[C@H](O)C[C@H]2COP(C)(=O)O)OC(CO)C(O)C1O. The summed E-state index contributed by atoms with van der Waals surface area (Å²) >= 11 is 0. The third-order valence-corrected chi connectivity index (χ3v) is 22.6. The molecule has 13 N–H and O–H groups in total. The van der Waals surface area contributed by atoms with Crippen molar-refractivity contribution >= 4 is 48.3 Å². The summed E-state index contributed by atoms with van der Waals surface area (Å²) in [6.45, 7) is 7.54. The number of hydrogen-bond acceptors (Lipinski definition) is 29. The minimum atomic E-state index is -3.61. The van der Waals surface area contributed by atoms with Gasteiger partial charge in [0.05, 0.1) is 90.5 Å². The van der Waals surface area contributed by atoms with Gasteiger partial charge in [-0.05, 0) is 96.4 Å². The number of ether oxygens (including phenoxy) is 9. The van der Waals surface area contributed by atoms with E-state index in [1.807, 2.05) is 0 Å². The van der Waals surface area contributed by atoms with Crippen molar-refractivity contribution in [1.82, 2.24) is 15.5 Å². The predicted octanol–water partition coefficient (Wildman–Crippen LogP) is 4.91. The van der Waals surface area contributed by atoms with E-state index in [9.17, 15) is 94.1 Å². The molecule has 4 aliphatic heterocycles. The molecule has 0 aromatic rings. The first-order chi connectivity index (χ1) is 54.6. The average Bonchev–Trinajstić information content (AvgIpc) is 1.12. The van der Waals surface area contributed by atoms with Crippen LogP contribution in [0.25, 0.3) is 0 Å². The van der Waals surface area contributed by atoms with E-state index in [1.165, 1.54) is 0 Å². The number of carbonyl (C=O) groups is 7. The zero-order valence-electron chi connectivity index (χ0n) is 68.7. The molecule has 16 unspecified atom stereocenters. The van der Waals surface area contributed by atoms with Crippen LogP contribution in [0.1, 0.15) is 245 Å². The van der Waals surface area contributed by atoms with Crippen molar-refractivity contribution in [2.24, 2.45) is 23.2 Å². The van der Waals surface area contributed by atoms with E-state index >= 15 is 0 Å². The number of aliphatic hydroxyl groups excluding tert-OH is 10. The molecule has 4 saturated heterocycles. The summed E-state index contributed by atoms with van der Waals surface area (Å²) in [5, 5.41) is 106. The number of amides is 2.